The van der Waals surface area contributed by atoms with Crippen molar-refractivity contribution in [3.8, 4) is 0 Å². The number of epoxide rings is 1. The van der Waals surface area contributed by atoms with Crippen molar-refractivity contribution in [2.75, 3.05) is 13.7 Å². The van der Waals surface area contributed by atoms with Crippen molar-refractivity contribution in [3.05, 3.63) is 149 Å². The van der Waals surface area contributed by atoms with E-state index in [2.05, 4.69) is 44.3 Å². The van der Waals surface area contributed by atoms with E-state index in [9.17, 15) is 14.7 Å². The molecule has 4 saturated heterocycles. The van der Waals surface area contributed by atoms with Gasteiger partial charge in [0.15, 0.2) is 6.04 Å². The second-order valence-electron chi connectivity index (χ2n) is 24.7. The quantitative estimate of drug-likeness (QED) is 0.0862. The highest BCUT2D eigenvalue weighted by Gasteiger charge is 2.77. The highest BCUT2D eigenvalue weighted by molar-refractivity contribution is 5.96. The van der Waals surface area contributed by atoms with Crippen LogP contribution < -0.4 is 5.32 Å². The summed E-state index contributed by atoms with van der Waals surface area (Å²) < 4.78 is 32.8. The Morgan fingerprint density at radius 2 is 1.51 bits per heavy atom. The topological polar surface area (TPSA) is 166 Å². The van der Waals surface area contributed by atoms with Crippen molar-refractivity contribution in [1.29, 1.82) is 0 Å². The van der Waals surface area contributed by atoms with Crippen LogP contribution in [0.2, 0.25) is 0 Å². The Kier molecular flexibility index (Phi) is 14.2. The van der Waals surface area contributed by atoms with Gasteiger partial charge in [0.1, 0.15) is 41.5 Å². The molecule has 0 aromatic heterocycles. The molecule has 77 heavy (non-hydrogen) atoms. The summed E-state index contributed by atoms with van der Waals surface area (Å²) in [5.74, 6) is -2.59. The Balaban J connectivity index is 0.969. The number of nitrogens with zero attached hydrogens (tertiary/aromatic N) is 2. The minimum Gasteiger partial charge on any atom is -0.460 e. The van der Waals surface area contributed by atoms with Gasteiger partial charge in [0.2, 0.25) is 17.6 Å². The number of hydrogen-bond donors (Lipinski definition) is 2. The van der Waals surface area contributed by atoms with Crippen LogP contribution in [0.15, 0.2) is 121 Å². The normalized spacial score (nSPS) is 31.8. The van der Waals surface area contributed by atoms with Crippen molar-refractivity contribution >= 4 is 29.8 Å². The summed E-state index contributed by atoms with van der Waals surface area (Å²) in [6, 6.07) is 33.7. The zero-order valence-corrected chi connectivity index (χ0v) is 45.5. The van der Waals surface area contributed by atoms with Gasteiger partial charge in [-0.3, -0.25) is 24.0 Å². The number of allylic oxidation sites excluding steroid dienone is 1. The van der Waals surface area contributed by atoms with E-state index in [1.54, 1.807) is 32.9 Å². The fraction of sp³-hybridized carbons (Fsp3) is 0.524. The van der Waals surface area contributed by atoms with Gasteiger partial charge in [-0.15, -0.1) is 0 Å². The molecule has 4 aromatic rings. The number of aliphatic hydroxyl groups excluding tert-OH is 1. The van der Waals surface area contributed by atoms with E-state index in [1.165, 1.54) is 10.5 Å². The standard InChI is InChI=1S/C63H75N3O11/c1-59(2,3)74-51(68)30-28-45(38-67)64-56(69)48(33-39-19-11-8-12-20-39)65(7)58(71)62-36-49-52-53(76-63(75-52,43-23-13-9-14-24-43)44-25-15-10-16-26-44)55(62)77-66(54(62)57(70)72-49)37-42-22-18-17-21-40(42)34-41-27-29-50-61(6,73-50)32-31-47-46(41)35-60(47,4)5/h8-26,34,45-50,52-55,67H,27-33,35-38H2,1-7H3,(H,64,69). The molecule has 7 aliphatic rings. The second kappa shape index (κ2) is 20.5. The van der Waals surface area contributed by atoms with E-state index < -0.39 is 89.7 Å². The number of rotatable bonds is 15. The lowest BCUT2D eigenvalue weighted by Crippen LogP contribution is -2.70. The van der Waals surface area contributed by atoms with Gasteiger partial charge in [-0.05, 0) is 100 Å². The molecule has 0 radical (unpaired) electrons. The van der Waals surface area contributed by atoms with Crippen LogP contribution in [-0.2, 0) is 66.5 Å². The predicted octanol–water partition coefficient (Wildman–Crippen LogP) is 8.62. The number of carbonyl (C=O) groups excluding carboxylic acids is 4. The van der Waals surface area contributed by atoms with Crippen molar-refractivity contribution in [1.82, 2.24) is 15.3 Å². The van der Waals surface area contributed by atoms with E-state index >= 15 is 9.59 Å². The SMILES string of the molecule is CN(C(=O)C12CC3OC(=O)C1N(Cc1ccccc1C=C1CCC4OC4(C)CCC4C1CC4(C)C)OC2C1OC(c2ccccc2)(c2ccccc2)OC31)C(Cc1ccccc1)C(=O)NC(CO)CCC(=O)OC(C)(C)C. The molecule has 4 heterocycles. The summed E-state index contributed by atoms with van der Waals surface area (Å²) in [7, 11) is 1.59. The van der Waals surface area contributed by atoms with Gasteiger partial charge in [0.25, 0.3) is 0 Å². The van der Waals surface area contributed by atoms with Crippen LogP contribution in [0.4, 0.5) is 0 Å². The number of hydroxylamine groups is 2. The number of benzene rings is 4. The number of amides is 2. The van der Waals surface area contributed by atoms with Crippen molar-refractivity contribution in [2.24, 2.45) is 22.7 Å². The summed E-state index contributed by atoms with van der Waals surface area (Å²) in [6.45, 7) is 12.1. The first-order valence-corrected chi connectivity index (χ1v) is 27.8. The average Bonchev–Trinajstić information content (AvgIpc) is 3.96. The first-order chi connectivity index (χ1) is 36.8. The number of fused-ring (bicyclic) bond motifs is 6. The summed E-state index contributed by atoms with van der Waals surface area (Å²) in [5.41, 5.74) is 3.40. The minimum absolute atomic E-state index is 0.0273. The molecule has 408 valence electrons. The van der Waals surface area contributed by atoms with Gasteiger partial charge in [-0.1, -0.05) is 141 Å². The predicted molar refractivity (Wildman–Crippen MR) is 287 cm³/mol. The molecule has 11 rings (SSSR count). The van der Waals surface area contributed by atoms with Crippen LogP contribution in [0, 0.1) is 22.7 Å². The van der Waals surface area contributed by atoms with Crippen LogP contribution >= 0.6 is 0 Å². The van der Waals surface area contributed by atoms with Crippen molar-refractivity contribution in [2.45, 2.75) is 172 Å². The Morgan fingerprint density at radius 1 is 0.857 bits per heavy atom. The molecule has 0 spiro atoms. The van der Waals surface area contributed by atoms with Gasteiger partial charge in [0.05, 0.1) is 30.9 Å². The van der Waals surface area contributed by atoms with Crippen LogP contribution in [0.3, 0.4) is 0 Å². The fourth-order valence-electron chi connectivity index (χ4n) is 14.0. The molecule has 14 nitrogen and oxygen atoms in total. The van der Waals surface area contributed by atoms with Crippen LogP contribution in [0.5, 0.6) is 0 Å². The molecule has 4 aliphatic heterocycles. The van der Waals surface area contributed by atoms with Crippen LogP contribution in [-0.4, -0.2) is 112 Å². The first-order valence-electron chi connectivity index (χ1n) is 27.8. The fourth-order valence-corrected chi connectivity index (χ4v) is 14.0. The third-order valence-electron chi connectivity index (χ3n) is 18.0. The van der Waals surface area contributed by atoms with Gasteiger partial charge in [-0.25, -0.2) is 0 Å². The van der Waals surface area contributed by atoms with Crippen LogP contribution in [0.1, 0.15) is 121 Å². The van der Waals surface area contributed by atoms with E-state index in [4.69, 9.17) is 28.5 Å². The number of aliphatic hydroxyl groups is 1. The third kappa shape index (κ3) is 9.96. The third-order valence-corrected chi connectivity index (χ3v) is 18.0. The molecule has 2 bridgehead atoms. The zero-order valence-electron chi connectivity index (χ0n) is 45.5. The van der Waals surface area contributed by atoms with Crippen molar-refractivity contribution in [3.63, 3.8) is 0 Å². The van der Waals surface area contributed by atoms with Gasteiger partial charge >= 0.3 is 11.9 Å². The van der Waals surface area contributed by atoms with E-state index in [0.29, 0.717) is 11.8 Å². The molecule has 2 amide bonds. The summed E-state index contributed by atoms with van der Waals surface area (Å²) in [4.78, 5) is 67.9. The number of likely N-dealkylation sites (N-methyl/N-ethyl adjacent to an activating group) is 1. The molecule has 12 atom stereocenters. The Hall–Kier alpha value is -5.74. The summed E-state index contributed by atoms with van der Waals surface area (Å²) in [5, 5.41) is 15.2. The molecule has 3 aliphatic carbocycles. The Labute approximate surface area is 452 Å². The largest absolute Gasteiger partial charge is 0.460 e. The van der Waals surface area contributed by atoms with E-state index in [-0.39, 0.29) is 49.3 Å². The highest BCUT2D eigenvalue weighted by Crippen LogP contribution is 2.62. The lowest BCUT2D eigenvalue weighted by molar-refractivity contribution is -0.214. The average molecular weight is 1050 g/mol. The highest BCUT2D eigenvalue weighted by atomic mass is 16.8. The molecule has 4 aromatic carbocycles. The molecule has 12 unspecified atom stereocenters. The lowest BCUT2D eigenvalue weighted by Gasteiger charge is -2.53. The molecule has 3 saturated carbocycles. The Morgan fingerprint density at radius 3 is 2.17 bits per heavy atom. The monoisotopic (exact) mass is 1050 g/mol. The molecule has 2 N–H and O–H groups in total. The Bertz CT molecular complexity index is 2830. The summed E-state index contributed by atoms with van der Waals surface area (Å²) >= 11 is 0. The van der Waals surface area contributed by atoms with Crippen LogP contribution in [0.25, 0.3) is 6.08 Å². The van der Waals surface area contributed by atoms with E-state index in [0.717, 1.165) is 59.9 Å². The first kappa shape index (κ1) is 53.3. The molecule has 14 heteroatoms. The van der Waals surface area contributed by atoms with Gasteiger partial charge in [-0.2, -0.15) is 5.06 Å². The van der Waals surface area contributed by atoms with Gasteiger partial charge in [0, 0.05) is 37.4 Å². The lowest BCUT2D eigenvalue weighted by atomic mass is 9.52. The zero-order chi connectivity index (χ0) is 54.1. The number of nitrogens with one attached hydrogen (secondary N) is 1. The number of carbonyl (C=O) groups is 4. The van der Waals surface area contributed by atoms with E-state index in [1.807, 2.05) is 103 Å². The molecular formula is C63H75N3O11. The minimum atomic E-state index is -1.64. The molecular weight excluding hydrogens is 975 g/mol. The van der Waals surface area contributed by atoms with Crippen molar-refractivity contribution < 1.29 is 52.8 Å². The number of esters is 2. The second-order valence-corrected chi connectivity index (χ2v) is 24.7. The number of hydrogen-bond acceptors (Lipinski definition) is 12. The number of ether oxygens (including phenoxy) is 5. The maximum Gasteiger partial charge on any atom is 0.327 e. The smallest absolute Gasteiger partial charge is 0.327 e. The molecule has 7 fully saturated rings. The maximum atomic E-state index is 16.4. The van der Waals surface area contributed by atoms with Gasteiger partial charge < -0.3 is 39.0 Å². The maximum absolute atomic E-state index is 16.4. The summed E-state index contributed by atoms with van der Waals surface area (Å²) in [6.07, 6.45) is 4.19.